The smallest absolute Gasteiger partial charge is 0.115 e. The van der Waals surface area contributed by atoms with Gasteiger partial charge in [-0.3, -0.25) is 0 Å². The van der Waals surface area contributed by atoms with Crippen molar-refractivity contribution < 1.29 is 10.2 Å². The average molecular weight is 270 g/mol. The second kappa shape index (κ2) is 6.47. The first-order valence-electron chi connectivity index (χ1n) is 7.19. The first kappa shape index (κ1) is 14.4. The molecule has 2 N–H and O–H groups in total. The van der Waals surface area contributed by atoms with Gasteiger partial charge >= 0.3 is 0 Å². The fourth-order valence-corrected chi connectivity index (χ4v) is 2.83. The van der Waals surface area contributed by atoms with Crippen molar-refractivity contribution in [1.29, 1.82) is 0 Å². The summed E-state index contributed by atoms with van der Waals surface area (Å²) in [6.07, 6.45) is 2.29. The van der Waals surface area contributed by atoms with Crippen molar-refractivity contribution in [3.05, 3.63) is 59.7 Å². The standard InChI is InChI=1S/C18H22O2/c1-3-4-13(2)18(14-5-9-16(19)10-6-14)15-7-11-17(20)12-8-15/h5-13,18-20H,3-4H2,1-2H3. The van der Waals surface area contributed by atoms with E-state index in [1.165, 1.54) is 11.1 Å². The van der Waals surface area contributed by atoms with Crippen LogP contribution in [0.1, 0.15) is 43.7 Å². The summed E-state index contributed by atoms with van der Waals surface area (Å²) in [6.45, 7) is 4.45. The van der Waals surface area contributed by atoms with E-state index in [1.807, 2.05) is 24.3 Å². The summed E-state index contributed by atoms with van der Waals surface area (Å²) in [5, 5.41) is 18.9. The number of aromatic hydroxyl groups is 2. The van der Waals surface area contributed by atoms with Crippen molar-refractivity contribution in [3.63, 3.8) is 0 Å². The first-order valence-corrected chi connectivity index (χ1v) is 7.19. The summed E-state index contributed by atoms with van der Waals surface area (Å²) in [5.41, 5.74) is 2.41. The second-order valence-corrected chi connectivity index (χ2v) is 5.43. The van der Waals surface area contributed by atoms with Gasteiger partial charge in [0.15, 0.2) is 0 Å². The average Bonchev–Trinajstić information content (AvgIpc) is 2.44. The minimum atomic E-state index is 0.288. The SMILES string of the molecule is CCCC(C)C(c1ccc(O)cc1)c1ccc(O)cc1. The Hall–Kier alpha value is -1.96. The molecular formula is C18H22O2. The molecule has 106 valence electrons. The summed E-state index contributed by atoms with van der Waals surface area (Å²) in [4.78, 5) is 0. The van der Waals surface area contributed by atoms with Gasteiger partial charge in [0.25, 0.3) is 0 Å². The summed E-state index contributed by atoms with van der Waals surface area (Å²) in [6, 6.07) is 14.9. The van der Waals surface area contributed by atoms with Gasteiger partial charge in [0, 0.05) is 5.92 Å². The van der Waals surface area contributed by atoms with Crippen LogP contribution < -0.4 is 0 Å². The molecule has 1 unspecified atom stereocenters. The van der Waals surface area contributed by atoms with Crippen LogP contribution in [-0.4, -0.2) is 10.2 Å². The largest absolute Gasteiger partial charge is 0.508 e. The lowest BCUT2D eigenvalue weighted by molar-refractivity contribution is 0.460. The van der Waals surface area contributed by atoms with E-state index in [9.17, 15) is 10.2 Å². The van der Waals surface area contributed by atoms with Gasteiger partial charge in [-0.25, -0.2) is 0 Å². The molecule has 0 fully saturated rings. The van der Waals surface area contributed by atoms with Gasteiger partial charge in [-0.15, -0.1) is 0 Å². The maximum atomic E-state index is 9.45. The van der Waals surface area contributed by atoms with E-state index in [-0.39, 0.29) is 5.92 Å². The van der Waals surface area contributed by atoms with Crippen molar-refractivity contribution in [1.82, 2.24) is 0 Å². The molecular weight excluding hydrogens is 248 g/mol. The van der Waals surface area contributed by atoms with Crippen LogP contribution in [0.15, 0.2) is 48.5 Å². The Bertz CT molecular complexity index is 483. The molecule has 1 atom stereocenters. The maximum Gasteiger partial charge on any atom is 0.115 e. The molecule has 0 spiro atoms. The maximum absolute atomic E-state index is 9.45. The van der Waals surface area contributed by atoms with Gasteiger partial charge < -0.3 is 10.2 Å². The molecule has 0 aliphatic heterocycles. The zero-order chi connectivity index (χ0) is 14.5. The molecule has 0 saturated heterocycles. The molecule has 20 heavy (non-hydrogen) atoms. The van der Waals surface area contributed by atoms with Crippen molar-refractivity contribution in [2.24, 2.45) is 5.92 Å². The third-order valence-corrected chi connectivity index (χ3v) is 3.82. The van der Waals surface area contributed by atoms with E-state index in [2.05, 4.69) is 13.8 Å². The van der Waals surface area contributed by atoms with Crippen molar-refractivity contribution in [2.45, 2.75) is 32.6 Å². The first-order chi connectivity index (χ1) is 9.61. The summed E-state index contributed by atoms with van der Waals surface area (Å²) in [7, 11) is 0. The van der Waals surface area contributed by atoms with Gasteiger partial charge in [-0.1, -0.05) is 51.0 Å². The molecule has 0 bridgehead atoms. The fourth-order valence-electron chi connectivity index (χ4n) is 2.83. The number of phenolic OH excluding ortho intramolecular Hbond substituents is 2. The molecule has 2 rings (SSSR count). The van der Waals surface area contributed by atoms with E-state index >= 15 is 0 Å². The third kappa shape index (κ3) is 3.32. The Morgan fingerprint density at radius 2 is 1.20 bits per heavy atom. The summed E-state index contributed by atoms with van der Waals surface area (Å²) >= 11 is 0. The number of phenols is 2. The highest BCUT2D eigenvalue weighted by Gasteiger charge is 2.20. The molecule has 0 aromatic heterocycles. The minimum Gasteiger partial charge on any atom is -0.508 e. The van der Waals surface area contributed by atoms with E-state index in [1.54, 1.807) is 24.3 Å². The molecule has 0 saturated carbocycles. The molecule has 2 aromatic rings. The van der Waals surface area contributed by atoms with Crippen LogP contribution in [0.4, 0.5) is 0 Å². The van der Waals surface area contributed by atoms with Gasteiger partial charge in [0.2, 0.25) is 0 Å². The topological polar surface area (TPSA) is 40.5 Å². The number of hydrogen-bond acceptors (Lipinski definition) is 2. The molecule has 2 aromatic carbocycles. The highest BCUT2D eigenvalue weighted by molar-refractivity contribution is 5.38. The predicted octanol–water partition coefficient (Wildman–Crippen LogP) is 4.67. The lowest BCUT2D eigenvalue weighted by atomic mass is 9.79. The van der Waals surface area contributed by atoms with E-state index in [0.717, 1.165) is 12.8 Å². The Morgan fingerprint density at radius 3 is 1.55 bits per heavy atom. The van der Waals surface area contributed by atoms with E-state index in [4.69, 9.17) is 0 Å². The van der Waals surface area contributed by atoms with Gasteiger partial charge in [-0.05, 0) is 41.3 Å². The summed E-state index contributed by atoms with van der Waals surface area (Å²) in [5.74, 6) is 1.38. The Kier molecular flexibility index (Phi) is 4.67. The van der Waals surface area contributed by atoms with Crippen LogP contribution in [0.5, 0.6) is 11.5 Å². The van der Waals surface area contributed by atoms with Crippen LogP contribution in [0.25, 0.3) is 0 Å². The lowest BCUT2D eigenvalue weighted by Crippen LogP contribution is -2.11. The van der Waals surface area contributed by atoms with E-state index < -0.39 is 0 Å². The van der Waals surface area contributed by atoms with Crippen LogP contribution >= 0.6 is 0 Å². The fraction of sp³-hybridized carbons (Fsp3) is 0.333. The van der Waals surface area contributed by atoms with Gasteiger partial charge in [0.1, 0.15) is 11.5 Å². The van der Waals surface area contributed by atoms with Crippen LogP contribution in [-0.2, 0) is 0 Å². The Morgan fingerprint density at radius 1 is 0.800 bits per heavy atom. The van der Waals surface area contributed by atoms with Crippen LogP contribution in [0, 0.1) is 5.92 Å². The predicted molar refractivity (Wildman–Crippen MR) is 82.1 cm³/mol. The molecule has 0 amide bonds. The van der Waals surface area contributed by atoms with E-state index in [0.29, 0.717) is 17.4 Å². The second-order valence-electron chi connectivity index (χ2n) is 5.43. The normalized spacial score (nSPS) is 12.6. The molecule has 2 nitrogen and oxygen atoms in total. The van der Waals surface area contributed by atoms with Gasteiger partial charge in [-0.2, -0.15) is 0 Å². The number of benzene rings is 2. The summed E-state index contributed by atoms with van der Waals surface area (Å²) < 4.78 is 0. The molecule has 0 heterocycles. The lowest BCUT2D eigenvalue weighted by Gasteiger charge is -2.25. The van der Waals surface area contributed by atoms with Crippen molar-refractivity contribution in [2.75, 3.05) is 0 Å². The van der Waals surface area contributed by atoms with Gasteiger partial charge in [0.05, 0.1) is 0 Å². The monoisotopic (exact) mass is 270 g/mol. The van der Waals surface area contributed by atoms with Crippen molar-refractivity contribution in [3.8, 4) is 11.5 Å². The molecule has 0 aliphatic carbocycles. The third-order valence-electron chi connectivity index (χ3n) is 3.82. The number of hydrogen-bond donors (Lipinski definition) is 2. The Labute approximate surface area is 120 Å². The number of rotatable bonds is 5. The van der Waals surface area contributed by atoms with Crippen molar-refractivity contribution >= 4 is 0 Å². The Balaban J connectivity index is 2.38. The molecule has 2 heteroatoms. The van der Waals surface area contributed by atoms with Crippen LogP contribution in [0.3, 0.4) is 0 Å². The quantitative estimate of drug-likeness (QED) is 0.829. The van der Waals surface area contributed by atoms with Crippen LogP contribution in [0.2, 0.25) is 0 Å². The highest BCUT2D eigenvalue weighted by atomic mass is 16.3. The minimum absolute atomic E-state index is 0.288. The zero-order valence-corrected chi connectivity index (χ0v) is 12.1. The molecule has 0 radical (unpaired) electrons. The highest BCUT2D eigenvalue weighted by Crippen LogP contribution is 2.35. The zero-order valence-electron chi connectivity index (χ0n) is 12.1. The molecule has 0 aliphatic rings.